The summed E-state index contributed by atoms with van der Waals surface area (Å²) in [5.74, 6) is 6.25. The molecular formula is C17H30O3. The minimum absolute atomic E-state index is 0.0675. The molecule has 0 bridgehead atoms. The van der Waals surface area contributed by atoms with Gasteiger partial charge in [0.15, 0.2) is 6.29 Å². The van der Waals surface area contributed by atoms with E-state index in [4.69, 9.17) is 14.6 Å². The Morgan fingerprint density at radius 2 is 1.70 bits per heavy atom. The molecule has 3 nitrogen and oxygen atoms in total. The summed E-state index contributed by atoms with van der Waals surface area (Å²) in [7, 11) is 0. The molecule has 116 valence electrons. The van der Waals surface area contributed by atoms with Crippen LogP contribution in [0.1, 0.15) is 70.6 Å². The molecule has 0 spiro atoms. The first-order chi connectivity index (χ1) is 9.93. The summed E-state index contributed by atoms with van der Waals surface area (Å²) in [6.45, 7) is 1.96. The Morgan fingerprint density at radius 1 is 0.950 bits per heavy atom. The van der Waals surface area contributed by atoms with Gasteiger partial charge in [0, 0.05) is 32.7 Å². The van der Waals surface area contributed by atoms with Gasteiger partial charge in [-0.2, -0.15) is 0 Å². The lowest BCUT2D eigenvalue weighted by atomic mass is 10.1. The molecule has 1 aliphatic heterocycles. The molecule has 1 unspecified atom stereocenters. The van der Waals surface area contributed by atoms with Gasteiger partial charge in [-0.05, 0) is 38.5 Å². The highest BCUT2D eigenvalue weighted by molar-refractivity contribution is 4.98. The van der Waals surface area contributed by atoms with Gasteiger partial charge in [-0.3, -0.25) is 0 Å². The van der Waals surface area contributed by atoms with Gasteiger partial charge in [0.05, 0.1) is 0 Å². The number of aliphatic hydroxyl groups excluding tert-OH is 1. The van der Waals surface area contributed by atoms with E-state index in [0.717, 1.165) is 45.3 Å². The predicted octanol–water partition coefficient (Wildman–Crippen LogP) is 3.65. The first-order valence-electron chi connectivity index (χ1n) is 8.23. The first-order valence-corrected chi connectivity index (χ1v) is 8.23. The Labute approximate surface area is 124 Å². The maximum Gasteiger partial charge on any atom is 0.157 e. The normalized spacial score (nSPS) is 18.6. The zero-order valence-electron chi connectivity index (χ0n) is 12.7. The maximum absolute atomic E-state index is 8.61. The van der Waals surface area contributed by atoms with Crippen LogP contribution in [0.25, 0.3) is 0 Å². The van der Waals surface area contributed by atoms with Gasteiger partial charge in [-0.1, -0.05) is 19.3 Å². The van der Waals surface area contributed by atoms with Crippen LogP contribution < -0.4 is 0 Å². The number of hydrogen-bond acceptors (Lipinski definition) is 3. The highest BCUT2D eigenvalue weighted by Crippen LogP contribution is 2.14. The van der Waals surface area contributed by atoms with Crippen molar-refractivity contribution in [3.63, 3.8) is 0 Å². The Bertz CT molecular complexity index is 261. The summed E-state index contributed by atoms with van der Waals surface area (Å²) in [5.41, 5.74) is 0. The summed E-state index contributed by atoms with van der Waals surface area (Å²) in [4.78, 5) is 0. The largest absolute Gasteiger partial charge is 0.396 e. The molecule has 1 saturated heterocycles. The fourth-order valence-corrected chi connectivity index (χ4v) is 2.25. The highest BCUT2D eigenvalue weighted by atomic mass is 16.7. The zero-order chi connectivity index (χ0) is 14.3. The van der Waals surface area contributed by atoms with E-state index in [1.165, 1.54) is 38.5 Å². The summed E-state index contributed by atoms with van der Waals surface area (Å²) >= 11 is 0. The second-order valence-corrected chi connectivity index (χ2v) is 5.37. The van der Waals surface area contributed by atoms with Crippen LogP contribution >= 0.6 is 0 Å². The molecule has 1 rings (SSSR count). The second kappa shape index (κ2) is 13.4. The van der Waals surface area contributed by atoms with Crippen molar-refractivity contribution in [3.8, 4) is 11.8 Å². The maximum atomic E-state index is 8.61. The Hall–Kier alpha value is -0.560. The summed E-state index contributed by atoms with van der Waals surface area (Å²) < 4.78 is 11.2. The standard InChI is InChI=1S/C17H30O3/c18-14-10-7-5-3-1-2-4-6-8-11-15-19-17-13-9-12-16-20-17/h17-18H,1-2,4,6-16H2. The molecule has 0 saturated carbocycles. The van der Waals surface area contributed by atoms with E-state index in [1.807, 2.05) is 0 Å². The van der Waals surface area contributed by atoms with E-state index >= 15 is 0 Å². The van der Waals surface area contributed by atoms with Crippen LogP contribution in [0.3, 0.4) is 0 Å². The third-order valence-corrected chi connectivity index (χ3v) is 3.47. The summed E-state index contributed by atoms with van der Waals surface area (Å²) in [6, 6.07) is 0. The number of unbranched alkanes of at least 4 members (excludes halogenated alkanes) is 6. The summed E-state index contributed by atoms with van der Waals surface area (Å²) in [6.07, 6.45) is 12.3. The molecule has 0 aromatic heterocycles. The molecule has 1 atom stereocenters. The van der Waals surface area contributed by atoms with E-state index < -0.39 is 0 Å². The van der Waals surface area contributed by atoms with E-state index in [9.17, 15) is 0 Å². The Morgan fingerprint density at radius 3 is 2.45 bits per heavy atom. The fraction of sp³-hybridized carbons (Fsp3) is 0.882. The quantitative estimate of drug-likeness (QED) is 0.491. The molecule has 1 fully saturated rings. The lowest BCUT2D eigenvalue weighted by molar-refractivity contribution is -0.162. The van der Waals surface area contributed by atoms with Gasteiger partial charge < -0.3 is 14.6 Å². The smallest absolute Gasteiger partial charge is 0.157 e. The van der Waals surface area contributed by atoms with Crippen LogP contribution in [-0.4, -0.2) is 31.2 Å². The van der Waals surface area contributed by atoms with Crippen molar-refractivity contribution in [1.29, 1.82) is 0 Å². The zero-order valence-corrected chi connectivity index (χ0v) is 12.7. The molecule has 1 N–H and O–H groups in total. The van der Waals surface area contributed by atoms with Crippen molar-refractivity contribution in [3.05, 3.63) is 0 Å². The Kier molecular flexibility index (Phi) is 11.7. The molecule has 3 heteroatoms. The number of ether oxygens (including phenoxy) is 2. The van der Waals surface area contributed by atoms with Crippen LogP contribution in [-0.2, 0) is 9.47 Å². The second-order valence-electron chi connectivity index (χ2n) is 5.37. The van der Waals surface area contributed by atoms with Gasteiger partial charge in [0.25, 0.3) is 0 Å². The van der Waals surface area contributed by atoms with Gasteiger partial charge in [-0.15, -0.1) is 11.8 Å². The van der Waals surface area contributed by atoms with Gasteiger partial charge in [0.2, 0.25) is 0 Å². The third-order valence-electron chi connectivity index (χ3n) is 3.47. The van der Waals surface area contributed by atoms with Gasteiger partial charge in [-0.25, -0.2) is 0 Å². The topological polar surface area (TPSA) is 38.7 Å². The Balaban J connectivity index is 1.76. The SMILES string of the molecule is OCCCC#CCCCCCCCOC1CCCCO1. The van der Waals surface area contributed by atoms with Crippen LogP contribution in [0.5, 0.6) is 0 Å². The van der Waals surface area contributed by atoms with Crippen molar-refractivity contribution in [2.45, 2.75) is 76.9 Å². The predicted molar refractivity (Wildman–Crippen MR) is 81.3 cm³/mol. The minimum Gasteiger partial charge on any atom is -0.396 e. The molecule has 0 aromatic rings. The fourth-order valence-electron chi connectivity index (χ4n) is 2.25. The highest BCUT2D eigenvalue weighted by Gasteiger charge is 2.13. The number of aliphatic hydroxyl groups is 1. The summed E-state index contributed by atoms with van der Waals surface area (Å²) in [5, 5.41) is 8.61. The van der Waals surface area contributed by atoms with Gasteiger partial charge >= 0.3 is 0 Å². The van der Waals surface area contributed by atoms with E-state index in [2.05, 4.69) is 11.8 Å². The molecule has 0 aliphatic carbocycles. The van der Waals surface area contributed by atoms with Crippen molar-refractivity contribution >= 4 is 0 Å². The van der Waals surface area contributed by atoms with E-state index in [-0.39, 0.29) is 12.9 Å². The number of rotatable bonds is 10. The van der Waals surface area contributed by atoms with E-state index in [0.29, 0.717) is 0 Å². The van der Waals surface area contributed by atoms with Crippen molar-refractivity contribution < 1.29 is 14.6 Å². The van der Waals surface area contributed by atoms with Crippen LogP contribution in [0, 0.1) is 11.8 Å². The molecular weight excluding hydrogens is 252 g/mol. The molecule has 0 amide bonds. The first kappa shape index (κ1) is 17.5. The van der Waals surface area contributed by atoms with Crippen LogP contribution in [0.4, 0.5) is 0 Å². The molecule has 1 aliphatic rings. The third kappa shape index (κ3) is 10.3. The molecule has 1 heterocycles. The van der Waals surface area contributed by atoms with Crippen LogP contribution in [0.15, 0.2) is 0 Å². The van der Waals surface area contributed by atoms with Crippen molar-refractivity contribution in [1.82, 2.24) is 0 Å². The lowest BCUT2D eigenvalue weighted by Gasteiger charge is -2.22. The number of hydrogen-bond donors (Lipinski definition) is 1. The minimum atomic E-state index is 0.0675. The van der Waals surface area contributed by atoms with Gasteiger partial charge in [0.1, 0.15) is 0 Å². The average Bonchev–Trinajstić information content (AvgIpc) is 2.49. The van der Waals surface area contributed by atoms with Crippen molar-refractivity contribution in [2.24, 2.45) is 0 Å². The average molecular weight is 282 g/mol. The molecule has 0 aromatic carbocycles. The van der Waals surface area contributed by atoms with Crippen molar-refractivity contribution in [2.75, 3.05) is 19.8 Å². The monoisotopic (exact) mass is 282 g/mol. The molecule has 20 heavy (non-hydrogen) atoms. The molecule has 0 radical (unpaired) electrons. The lowest BCUT2D eigenvalue weighted by Crippen LogP contribution is -2.22. The van der Waals surface area contributed by atoms with Crippen LogP contribution in [0.2, 0.25) is 0 Å². The van der Waals surface area contributed by atoms with E-state index in [1.54, 1.807) is 0 Å².